The molecule has 0 aliphatic rings. The highest BCUT2D eigenvalue weighted by Gasteiger charge is 2.13. The lowest BCUT2D eigenvalue weighted by Crippen LogP contribution is -2.03. The van der Waals surface area contributed by atoms with E-state index in [9.17, 15) is 10.1 Å². The molecule has 1 aromatic rings. The number of nitrogens with two attached hydrogens (primary N) is 1. The van der Waals surface area contributed by atoms with E-state index in [1.807, 2.05) is 0 Å². The largest absolute Gasteiger partial charge is 0.399 e. The number of anilines is 2. The van der Waals surface area contributed by atoms with Crippen LogP contribution in [0.4, 0.5) is 17.1 Å². The molecule has 6 heteroatoms. The van der Waals surface area contributed by atoms with Crippen LogP contribution in [0.5, 0.6) is 0 Å². The Morgan fingerprint density at radius 1 is 1.64 bits per heavy atom. The van der Waals surface area contributed by atoms with Crippen LogP contribution in [-0.4, -0.2) is 11.5 Å². The molecule has 14 heavy (non-hydrogen) atoms. The van der Waals surface area contributed by atoms with Gasteiger partial charge in [-0.15, -0.1) is 0 Å². The number of nitro benzene ring substituents is 1. The summed E-state index contributed by atoms with van der Waals surface area (Å²) in [7, 11) is 0. The van der Waals surface area contributed by atoms with Gasteiger partial charge in [0.25, 0.3) is 5.69 Å². The van der Waals surface area contributed by atoms with Crippen LogP contribution < -0.4 is 11.2 Å². The van der Waals surface area contributed by atoms with E-state index in [1.165, 1.54) is 12.1 Å². The molecule has 0 radical (unpaired) electrons. The van der Waals surface area contributed by atoms with Gasteiger partial charge in [-0.25, -0.2) is 0 Å². The van der Waals surface area contributed by atoms with Gasteiger partial charge in [0.05, 0.1) is 11.5 Å². The van der Waals surface area contributed by atoms with E-state index in [0.29, 0.717) is 18.0 Å². The Labute approximate surface area is 80.8 Å². The van der Waals surface area contributed by atoms with Crippen LogP contribution in [0, 0.1) is 10.1 Å². The Morgan fingerprint density at radius 2 is 2.36 bits per heavy atom. The molecule has 1 aromatic carbocycles. The summed E-state index contributed by atoms with van der Waals surface area (Å²) in [5.41, 5.74) is 8.44. The van der Waals surface area contributed by atoms with Crippen LogP contribution in [0.15, 0.2) is 18.2 Å². The summed E-state index contributed by atoms with van der Waals surface area (Å²) in [5.74, 6) is 0. The zero-order valence-corrected chi connectivity index (χ0v) is 7.69. The molecule has 3 N–H and O–H groups in total. The lowest BCUT2D eigenvalue weighted by Gasteiger charge is -2.05. The number of hydrogen-bond donors (Lipinski definition) is 2. The highest BCUT2D eigenvalue weighted by atomic mass is 16.6. The molecule has 0 fully saturated rings. The monoisotopic (exact) mass is 197 g/mol. The van der Waals surface area contributed by atoms with Crippen LogP contribution in [-0.2, 0) is 4.84 Å². The average molecular weight is 197 g/mol. The van der Waals surface area contributed by atoms with E-state index in [-0.39, 0.29) is 5.69 Å². The van der Waals surface area contributed by atoms with Gasteiger partial charge in [-0.3, -0.25) is 20.4 Å². The topological polar surface area (TPSA) is 90.4 Å². The van der Waals surface area contributed by atoms with Crippen LogP contribution >= 0.6 is 0 Å². The number of nitrogens with one attached hydrogen (secondary N) is 1. The Balaban J connectivity index is 2.96. The van der Waals surface area contributed by atoms with Crippen molar-refractivity contribution in [1.29, 1.82) is 0 Å². The standard InChI is InChI=1S/C8H11N3O3/c1-2-14-10-7-4-3-6(9)5-8(7)11(12)13/h3-5,10H,2,9H2,1H3. The highest BCUT2D eigenvalue weighted by Crippen LogP contribution is 2.26. The number of nitro groups is 1. The van der Waals surface area contributed by atoms with Crippen LogP contribution in [0.3, 0.4) is 0 Å². The first-order chi connectivity index (χ1) is 6.65. The van der Waals surface area contributed by atoms with Gasteiger partial charge in [0.1, 0.15) is 5.69 Å². The molecule has 0 bridgehead atoms. The van der Waals surface area contributed by atoms with Crippen molar-refractivity contribution in [3.63, 3.8) is 0 Å². The maximum atomic E-state index is 10.6. The summed E-state index contributed by atoms with van der Waals surface area (Å²) >= 11 is 0. The zero-order valence-electron chi connectivity index (χ0n) is 7.69. The summed E-state index contributed by atoms with van der Waals surface area (Å²) in [6.07, 6.45) is 0. The van der Waals surface area contributed by atoms with E-state index >= 15 is 0 Å². The van der Waals surface area contributed by atoms with Gasteiger partial charge in [-0.2, -0.15) is 0 Å². The maximum Gasteiger partial charge on any atom is 0.296 e. The fourth-order valence-electron chi connectivity index (χ4n) is 0.936. The molecule has 0 unspecified atom stereocenters. The third-order valence-corrected chi connectivity index (χ3v) is 1.54. The summed E-state index contributed by atoms with van der Waals surface area (Å²) in [6.45, 7) is 2.19. The molecule has 0 aliphatic carbocycles. The number of benzene rings is 1. The second-order valence-corrected chi connectivity index (χ2v) is 2.57. The average Bonchev–Trinajstić information content (AvgIpc) is 2.15. The predicted molar refractivity (Wildman–Crippen MR) is 52.8 cm³/mol. The lowest BCUT2D eigenvalue weighted by molar-refractivity contribution is -0.384. The van der Waals surface area contributed by atoms with Crippen molar-refractivity contribution in [2.75, 3.05) is 17.8 Å². The fraction of sp³-hybridized carbons (Fsp3) is 0.250. The van der Waals surface area contributed by atoms with Crippen molar-refractivity contribution in [3.05, 3.63) is 28.3 Å². The quantitative estimate of drug-likeness (QED) is 0.434. The van der Waals surface area contributed by atoms with Crippen molar-refractivity contribution in [3.8, 4) is 0 Å². The van der Waals surface area contributed by atoms with Gasteiger partial charge < -0.3 is 5.73 Å². The molecule has 0 spiro atoms. The molecule has 0 aliphatic heterocycles. The molecule has 0 atom stereocenters. The smallest absolute Gasteiger partial charge is 0.296 e. The minimum absolute atomic E-state index is 0.0987. The first-order valence-electron chi connectivity index (χ1n) is 4.07. The van der Waals surface area contributed by atoms with Crippen LogP contribution in [0.2, 0.25) is 0 Å². The van der Waals surface area contributed by atoms with Gasteiger partial charge >= 0.3 is 0 Å². The van der Waals surface area contributed by atoms with E-state index in [1.54, 1.807) is 13.0 Å². The van der Waals surface area contributed by atoms with E-state index in [2.05, 4.69) is 5.48 Å². The van der Waals surface area contributed by atoms with Crippen LogP contribution in [0.1, 0.15) is 6.92 Å². The van der Waals surface area contributed by atoms with E-state index in [0.717, 1.165) is 0 Å². The van der Waals surface area contributed by atoms with Gasteiger partial charge in [-0.1, -0.05) is 0 Å². The minimum Gasteiger partial charge on any atom is -0.399 e. The van der Waals surface area contributed by atoms with E-state index in [4.69, 9.17) is 10.6 Å². The molecule has 1 rings (SSSR count). The summed E-state index contributed by atoms with van der Waals surface area (Å²) < 4.78 is 0. The maximum absolute atomic E-state index is 10.6. The third kappa shape index (κ3) is 2.33. The van der Waals surface area contributed by atoms with Gasteiger partial charge in [0.15, 0.2) is 0 Å². The molecule has 0 saturated heterocycles. The second-order valence-electron chi connectivity index (χ2n) is 2.57. The number of nitrogen functional groups attached to an aromatic ring is 1. The van der Waals surface area contributed by atoms with Crippen LogP contribution in [0.25, 0.3) is 0 Å². The lowest BCUT2D eigenvalue weighted by atomic mass is 10.2. The first-order valence-corrected chi connectivity index (χ1v) is 4.07. The molecule has 0 aromatic heterocycles. The van der Waals surface area contributed by atoms with Crippen molar-refractivity contribution >= 4 is 17.1 Å². The molecule has 0 saturated carbocycles. The van der Waals surface area contributed by atoms with Gasteiger partial charge in [0.2, 0.25) is 0 Å². The molecule has 0 heterocycles. The summed E-state index contributed by atoms with van der Waals surface area (Å²) in [4.78, 5) is 14.9. The van der Waals surface area contributed by atoms with Crippen molar-refractivity contribution in [2.45, 2.75) is 6.92 Å². The van der Waals surface area contributed by atoms with Crippen molar-refractivity contribution in [2.24, 2.45) is 0 Å². The Bertz CT molecular complexity index is 341. The van der Waals surface area contributed by atoms with E-state index < -0.39 is 4.92 Å². The fourth-order valence-corrected chi connectivity index (χ4v) is 0.936. The summed E-state index contributed by atoms with van der Waals surface area (Å²) in [6, 6.07) is 4.35. The number of hydrogen-bond acceptors (Lipinski definition) is 5. The predicted octanol–water partition coefficient (Wildman–Crippen LogP) is 1.54. The minimum atomic E-state index is -0.516. The summed E-state index contributed by atoms with van der Waals surface area (Å²) in [5, 5.41) is 10.6. The Kier molecular flexibility index (Phi) is 3.24. The van der Waals surface area contributed by atoms with Crippen molar-refractivity contribution < 1.29 is 9.76 Å². The molecule has 0 amide bonds. The van der Waals surface area contributed by atoms with Gasteiger partial charge in [-0.05, 0) is 19.1 Å². The molecular weight excluding hydrogens is 186 g/mol. The molecular formula is C8H11N3O3. The Morgan fingerprint density at radius 3 is 2.93 bits per heavy atom. The Hall–Kier alpha value is -1.82. The highest BCUT2D eigenvalue weighted by molar-refractivity contribution is 5.65. The molecule has 76 valence electrons. The van der Waals surface area contributed by atoms with Gasteiger partial charge in [0, 0.05) is 11.8 Å². The third-order valence-electron chi connectivity index (χ3n) is 1.54. The second kappa shape index (κ2) is 4.43. The first kappa shape index (κ1) is 10.3. The number of nitrogens with zero attached hydrogens (tertiary/aromatic N) is 1. The molecule has 6 nitrogen and oxygen atoms in total. The SMILES string of the molecule is CCONc1ccc(N)cc1[N+](=O)[O-]. The zero-order chi connectivity index (χ0) is 10.6. The normalized spacial score (nSPS) is 9.79. The van der Waals surface area contributed by atoms with Crippen molar-refractivity contribution in [1.82, 2.24) is 0 Å². The number of rotatable bonds is 4.